The van der Waals surface area contributed by atoms with Crippen molar-refractivity contribution in [3.05, 3.63) is 0 Å². The summed E-state index contributed by atoms with van der Waals surface area (Å²) < 4.78 is 23.1. The Morgan fingerprint density at radius 3 is 2.24 bits per heavy atom. The summed E-state index contributed by atoms with van der Waals surface area (Å²) in [6, 6.07) is -0.548. The number of sulfone groups is 1. The molecule has 1 atom stereocenters. The van der Waals surface area contributed by atoms with Crippen LogP contribution >= 0.6 is 0 Å². The molecule has 1 unspecified atom stereocenters. The molecule has 0 aromatic rings. The van der Waals surface area contributed by atoms with Crippen molar-refractivity contribution < 1.29 is 18.0 Å². The molecule has 1 rings (SSSR count). The highest BCUT2D eigenvalue weighted by Gasteiger charge is 2.47. The van der Waals surface area contributed by atoms with Crippen LogP contribution in [0.4, 0.5) is 0 Å². The molecule has 1 saturated heterocycles. The molecule has 1 aliphatic heterocycles. The smallest absolute Gasteiger partial charge is 0.248 e. The lowest BCUT2D eigenvalue weighted by atomic mass is 9.87. The first-order valence-electron chi connectivity index (χ1n) is 7.56. The number of rotatable bonds is 7. The first-order chi connectivity index (χ1) is 9.73. The standard InChI is InChI=1S/C14H26N2O4S/c1-5-14(6-2)13(18)16(11(4)12(17)15-14)9-8-10-21(19,20)7-3/h11H,5-10H2,1-4H3,(H,15,17). The second-order valence-electron chi connectivity index (χ2n) is 5.54. The van der Waals surface area contributed by atoms with Crippen LogP contribution in [-0.4, -0.2) is 54.8 Å². The van der Waals surface area contributed by atoms with Crippen molar-refractivity contribution in [2.45, 2.75) is 58.5 Å². The minimum Gasteiger partial charge on any atom is -0.340 e. The molecule has 122 valence electrons. The van der Waals surface area contributed by atoms with Gasteiger partial charge in [0.1, 0.15) is 21.4 Å². The lowest BCUT2D eigenvalue weighted by Gasteiger charge is -2.44. The van der Waals surface area contributed by atoms with E-state index in [1.807, 2.05) is 13.8 Å². The number of nitrogens with zero attached hydrogens (tertiary/aromatic N) is 1. The molecule has 21 heavy (non-hydrogen) atoms. The molecule has 0 bridgehead atoms. The third-order valence-corrected chi connectivity index (χ3v) is 6.17. The molecular formula is C14H26N2O4S. The summed E-state index contributed by atoms with van der Waals surface area (Å²) >= 11 is 0. The van der Waals surface area contributed by atoms with Gasteiger partial charge in [0.15, 0.2) is 0 Å². The molecule has 0 spiro atoms. The van der Waals surface area contributed by atoms with Crippen LogP contribution < -0.4 is 5.32 Å². The summed E-state index contributed by atoms with van der Waals surface area (Å²) in [5, 5.41) is 2.83. The Bertz CT molecular complexity index is 497. The minimum absolute atomic E-state index is 0.0485. The molecule has 1 fully saturated rings. The third-order valence-electron chi connectivity index (χ3n) is 4.38. The summed E-state index contributed by atoms with van der Waals surface area (Å²) in [7, 11) is -3.05. The van der Waals surface area contributed by atoms with E-state index in [2.05, 4.69) is 5.32 Å². The maximum atomic E-state index is 12.7. The second kappa shape index (κ2) is 6.77. The molecule has 1 N–H and O–H groups in total. The van der Waals surface area contributed by atoms with Gasteiger partial charge in [0, 0.05) is 12.3 Å². The maximum absolute atomic E-state index is 12.7. The lowest BCUT2D eigenvalue weighted by Crippen LogP contribution is -2.69. The zero-order chi connectivity index (χ0) is 16.3. The molecule has 0 saturated carbocycles. The molecule has 1 heterocycles. The van der Waals surface area contributed by atoms with E-state index in [0.29, 0.717) is 25.8 Å². The Balaban J connectivity index is 2.83. The van der Waals surface area contributed by atoms with Crippen molar-refractivity contribution in [1.29, 1.82) is 0 Å². The van der Waals surface area contributed by atoms with Crippen LogP contribution in [0, 0.1) is 0 Å². The van der Waals surface area contributed by atoms with Gasteiger partial charge in [-0.2, -0.15) is 0 Å². The van der Waals surface area contributed by atoms with Crippen LogP contribution in [0.2, 0.25) is 0 Å². The van der Waals surface area contributed by atoms with E-state index >= 15 is 0 Å². The van der Waals surface area contributed by atoms with E-state index < -0.39 is 21.4 Å². The Labute approximate surface area is 127 Å². The average Bonchev–Trinajstić information content (AvgIpc) is 2.46. The zero-order valence-electron chi connectivity index (χ0n) is 13.3. The van der Waals surface area contributed by atoms with E-state index in [4.69, 9.17) is 0 Å². The van der Waals surface area contributed by atoms with E-state index in [-0.39, 0.29) is 23.3 Å². The van der Waals surface area contributed by atoms with Gasteiger partial charge in [-0.25, -0.2) is 8.42 Å². The van der Waals surface area contributed by atoms with Crippen molar-refractivity contribution >= 4 is 21.7 Å². The molecule has 0 aromatic carbocycles. The van der Waals surface area contributed by atoms with Crippen molar-refractivity contribution in [2.24, 2.45) is 0 Å². The van der Waals surface area contributed by atoms with E-state index in [0.717, 1.165) is 0 Å². The minimum atomic E-state index is -3.05. The lowest BCUT2D eigenvalue weighted by molar-refractivity contribution is -0.154. The zero-order valence-corrected chi connectivity index (χ0v) is 14.1. The van der Waals surface area contributed by atoms with Crippen molar-refractivity contribution in [3.63, 3.8) is 0 Å². The highest BCUT2D eigenvalue weighted by molar-refractivity contribution is 7.91. The SMILES string of the molecule is CCC1(CC)NC(=O)C(C)N(CCCS(=O)(=O)CC)C1=O. The molecule has 0 aromatic heterocycles. The number of carbonyl (C=O) groups is 2. The van der Waals surface area contributed by atoms with Crippen LogP contribution in [0.1, 0.15) is 47.0 Å². The summed E-state index contributed by atoms with van der Waals surface area (Å²) in [6.07, 6.45) is 1.43. The Morgan fingerprint density at radius 1 is 1.19 bits per heavy atom. The van der Waals surface area contributed by atoms with Gasteiger partial charge in [0.25, 0.3) is 0 Å². The quantitative estimate of drug-likeness (QED) is 0.749. The van der Waals surface area contributed by atoms with E-state index in [9.17, 15) is 18.0 Å². The largest absolute Gasteiger partial charge is 0.340 e. The predicted molar refractivity (Wildman–Crippen MR) is 81.6 cm³/mol. The van der Waals surface area contributed by atoms with Gasteiger partial charge in [-0.3, -0.25) is 9.59 Å². The summed E-state index contributed by atoms with van der Waals surface area (Å²) in [5.41, 5.74) is -0.840. The molecule has 6 nitrogen and oxygen atoms in total. The number of nitrogens with one attached hydrogen (secondary N) is 1. The Kier molecular flexibility index (Phi) is 5.78. The molecule has 2 amide bonds. The normalized spacial score (nSPS) is 22.3. The monoisotopic (exact) mass is 318 g/mol. The number of piperazine rings is 1. The van der Waals surface area contributed by atoms with E-state index in [1.165, 1.54) is 4.90 Å². The molecular weight excluding hydrogens is 292 g/mol. The fourth-order valence-electron chi connectivity index (χ4n) is 2.61. The van der Waals surface area contributed by atoms with Gasteiger partial charge in [0.05, 0.1) is 5.75 Å². The van der Waals surface area contributed by atoms with Gasteiger partial charge >= 0.3 is 0 Å². The maximum Gasteiger partial charge on any atom is 0.248 e. The van der Waals surface area contributed by atoms with Crippen molar-refractivity contribution in [3.8, 4) is 0 Å². The molecule has 0 radical (unpaired) electrons. The second-order valence-corrected chi connectivity index (χ2v) is 8.02. The fraction of sp³-hybridized carbons (Fsp3) is 0.857. The number of carbonyl (C=O) groups excluding carboxylic acids is 2. The molecule has 7 heteroatoms. The average molecular weight is 318 g/mol. The van der Waals surface area contributed by atoms with Crippen molar-refractivity contribution in [2.75, 3.05) is 18.1 Å². The highest BCUT2D eigenvalue weighted by Crippen LogP contribution is 2.25. The highest BCUT2D eigenvalue weighted by atomic mass is 32.2. The van der Waals surface area contributed by atoms with Crippen LogP contribution in [0.5, 0.6) is 0 Å². The summed E-state index contributed by atoms with van der Waals surface area (Å²) in [6.45, 7) is 7.33. The van der Waals surface area contributed by atoms with Crippen LogP contribution in [0.15, 0.2) is 0 Å². The first-order valence-corrected chi connectivity index (χ1v) is 9.38. The number of hydrogen-bond donors (Lipinski definition) is 1. The summed E-state index contributed by atoms with van der Waals surface area (Å²) in [4.78, 5) is 26.3. The number of hydrogen-bond acceptors (Lipinski definition) is 4. The van der Waals surface area contributed by atoms with Gasteiger partial charge in [-0.05, 0) is 26.2 Å². The molecule has 1 aliphatic rings. The van der Waals surface area contributed by atoms with Gasteiger partial charge in [-0.15, -0.1) is 0 Å². The van der Waals surface area contributed by atoms with Crippen LogP contribution in [-0.2, 0) is 19.4 Å². The van der Waals surface area contributed by atoms with Gasteiger partial charge in [-0.1, -0.05) is 20.8 Å². The topological polar surface area (TPSA) is 83.6 Å². The fourth-order valence-corrected chi connectivity index (χ4v) is 3.47. The third kappa shape index (κ3) is 3.75. The Hall–Kier alpha value is -1.11. The van der Waals surface area contributed by atoms with Gasteiger partial charge < -0.3 is 10.2 Å². The first kappa shape index (κ1) is 17.9. The van der Waals surface area contributed by atoms with Crippen molar-refractivity contribution in [1.82, 2.24) is 10.2 Å². The predicted octanol–water partition coefficient (Wildman–Crippen LogP) is 0.717. The summed E-state index contributed by atoms with van der Waals surface area (Å²) in [5.74, 6) is -0.123. The van der Waals surface area contributed by atoms with Gasteiger partial charge in [0.2, 0.25) is 11.8 Å². The molecule has 0 aliphatic carbocycles. The van der Waals surface area contributed by atoms with E-state index in [1.54, 1.807) is 13.8 Å². The van der Waals surface area contributed by atoms with Crippen LogP contribution in [0.3, 0.4) is 0 Å². The van der Waals surface area contributed by atoms with Crippen LogP contribution in [0.25, 0.3) is 0 Å². The Morgan fingerprint density at radius 2 is 1.76 bits per heavy atom. The number of amides is 2.